The Hall–Kier alpha value is -3.99. The summed E-state index contributed by atoms with van der Waals surface area (Å²) in [7, 11) is 0. The van der Waals surface area contributed by atoms with Crippen molar-refractivity contribution in [2.75, 3.05) is 11.9 Å². The van der Waals surface area contributed by atoms with Crippen LogP contribution >= 0.6 is 11.3 Å². The molecule has 3 rings (SSSR count). The van der Waals surface area contributed by atoms with Gasteiger partial charge < -0.3 is 27.2 Å². The van der Waals surface area contributed by atoms with E-state index < -0.39 is 12.0 Å². The quantitative estimate of drug-likeness (QED) is 0.245. The Balaban J connectivity index is 1.64. The van der Waals surface area contributed by atoms with Crippen molar-refractivity contribution in [3.05, 3.63) is 65.3 Å². The van der Waals surface area contributed by atoms with E-state index in [-0.39, 0.29) is 24.4 Å². The third-order valence-electron chi connectivity index (χ3n) is 4.12. The van der Waals surface area contributed by atoms with Crippen molar-refractivity contribution in [1.82, 2.24) is 15.3 Å². The molecule has 0 fully saturated rings. The van der Waals surface area contributed by atoms with E-state index in [2.05, 4.69) is 25.6 Å². The molecule has 0 saturated carbocycles. The first-order valence-electron chi connectivity index (χ1n) is 9.21. The zero-order valence-corrected chi connectivity index (χ0v) is 17.2. The van der Waals surface area contributed by atoms with Crippen molar-refractivity contribution < 1.29 is 14.7 Å². The normalized spacial score (nSPS) is 11.4. The van der Waals surface area contributed by atoms with Crippen LogP contribution < -0.4 is 22.1 Å². The summed E-state index contributed by atoms with van der Waals surface area (Å²) < 4.78 is 0. The molecule has 0 saturated heterocycles. The lowest BCUT2D eigenvalue weighted by Gasteiger charge is -2.14. The number of aromatic nitrogens is 2. The van der Waals surface area contributed by atoms with Crippen LogP contribution in [0.25, 0.3) is 10.4 Å². The Morgan fingerprint density at radius 3 is 2.61 bits per heavy atom. The van der Waals surface area contributed by atoms with Crippen molar-refractivity contribution in [2.24, 2.45) is 16.5 Å². The second-order valence-corrected chi connectivity index (χ2v) is 7.51. The van der Waals surface area contributed by atoms with Crippen LogP contribution in [0.1, 0.15) is 15.2 Å². The molecule has 1 aromatic carbocycles. The van der Waals surface area contributed by atoms with Gasteiger partial charge in [-0.3, -0.25) is 4.79 Å². The molecule has 0 aliphatic rings. The Bertz CT molecular complexity index is 1080. The van der Waals surface area contributed by atoms with Crippen molar-refractivity contribution in [3.8, 4) is 10.4 Å². The van der Waals surface area contributed by atoms with Crippen molar-refractivity contribution in [1.29, 1.82) is 0 Å². The minimum absolute atomic E-state index is 0.0217. The van der Waals surface area contributed by atoms with Crippen LogP contribution in [0.4, 0.5) is 5.95 Å². The first-order chi connectivity index (χ1) is 14.9. The molecule has 31 heavy (non-hydrogen) atoms. The lowest BCUT2D eigenvalue weighted by atomic mass is 10.1. The zero-order chi connectivity index (χ0) is 22.2. The Labute approximate surface area is 182 Å². The molecule has 1 atom stereocenters. The number of anilines is 1. The highest BCUT2D eigenvalue weighted by Crippen LogP contribution is 2.29. The molecule has 10 nitrogen and oxygen atoms in total. The van der Waals surface area contributed by atoms with E-state index in [1.54, 1.807) is 12.1 Å². The third-order valence-corrected chi connectivity index (χ3v) is 5.25. The number of hydrogen-bond donors (Lipinski definition) is 5. The number of aliphatic carboxylic acids is 1. The number of thiophene rings is 1. The summed E-state index contributed by atoms with van der Waals surface area (Å²) in [6.45, 7) is 0.233. The first-order valence-corrected chi connectivity index (χ1v) is 10.0. The molecule has 0 aliphatic heterocycles. The minimum Gasteiger partial charge on any atom is -0.480 e. The Morgan fingerprint density at radius 1 is 1.13 bits per heavy atom. The summed E-state index contributed by atoms with van der Waals surface area (Å²) in [5, 5.41) is 14.7. The standard InChI is InChI=1S/C20H21N7O3S/c21-19(22)26-10-12-3-1-4-13(9-12)15-5-6-16(31-15)17(28)25-11-14(18(29)30)27-20-23-7-2-8-24-20/h1-9,14H,10-11H2,(H,25,28)(H,29,30)(H4,21,22,26)(H,23,24,27). The van der Waals surface area contributed by atoms with Gasteiger partial charge in [0.25, 0.3) is 5.91 Å². The van der Waals surface area contributed by atoms with Gasteiger partial charge in [-0.1, -0.05) is 18.2 Å². The van der Waals surface area contributed by atoms with E-state index in [0.29, 0.717) is 11.4 Å². The zero-order valence-electron chi connectivity index (χ0n) is 16.4. The number of nitrogens with two attached hydrogens (primary N) is 2. The fourth-order valence-electron chi connectivity index (χ4n) is 2.63. The average molecular weight is 440 g/mol. The van der Waals surface area contributed by atoms with Gasteiger partial charge >= 0.3 is 5.97 Å². The second kappa shape index (κ2) is 10.2. The Kier molecular flexibility index (Phi) is 7.12. The number of nitrogens with zero attached hydrogens (tertiary/aromatic N) is 3. The van der Waals surface area contributed by atoms with E-state index in [9.17, 15) is 14.7 Å². The maximum Gasteiger partial charge on any atom is 0.328 e. The average Bonchev–Trinajstić information content (AvgIpc) is 3.26. The molecule has 0 aliphatic carbocycles. The second-order valence-electron chi connectivity index (χ2n) is 6.42. The van der Waals surface area contributed by atoms with Gasteiger partial charge in [0.2, 0.25) is 5.95 Å². The van der Waals surface area contributed by atoms with Gasteiger partial charge in [0.05, 0.1) is 11.4 Å². The van der Waals surface area contributed by atoms with Crippen molar-refractivity contribution in [3.63, 3.8) is 0 Å². The number of hydrogen-bond acceptors (Lipinski definition) is 7. The number of aliphatic imine (C=N–C) groups is 1. The van der Waals surface area contributed by atoms with Crippen LogP contribution in [0, 0.1) is 0 Å². The summed E-state index contributed by atoms with van der Waals surface area (Å²) in [6.07, 6.45) is 2.98. The van der Waals surface area contributed by atoms with Crippen molar-refractivity contribution >= 4 is 35.1 Å². The molecule has 0 radical (unpaired) electrons. The molecule has 2 heterocycles. The van der Waals surface area contributed by atoms with E-state index in [4.69, 9.17) is 11.5 Å². The molecular formula is C20H21N7O3S. The van der Waals surface area contributed by atoms with Gasteiger partial charge in [0, 0.05) is 23.8 Å². The van der Waals surface area contributed by atoms with E-state index in [1.807, 2.05) is 30.3 Å². The van der Waals surface area contributed by atoms with Crippen LogP contribution in [0.3, 0.4) is 0 Å². The number of carboxylic acid groups (broad SMARTS) is 1. The van der Waals surface area contributed by atoms with Crippen LogP contribution in [0.5, 0.6) is 0 Å². The van der Waals surface area contributed by atoms with Crippen LogP contribution in [0.15, 0.2) is 59.9 Å². The van der Waals surface area contributed by atoms with E-state index >= 15 is 0 Å². The molecule has 3 aromatic rings. The van der Waals surface area contributed by atoms with E-state index in [1.165, 1.54) is 23.7 Å². The summed E-state index contributed by atoms with van der Waals surface area (Å²) in [5.74, 6) is -1.30. The van der Waals surface area contributed by atoms with Crippen LogP contribution in [-0.4, -0.2) is 45.5 Å². The molecule has 0 spiro atoms. The maximum absolute atomic E-state index is 12.5. The highest BCUT2D eigenvalue weighted by atomic mass is 32.1. The summed E-state index contributed by atoms with van der Waals surface area (Å²) in [5.41, 5.74) is 12.6. The fraction of sp³-hybridized carbons (Fsp3) is 0.150. The number of benzene rings is 1. The highest BCUT2D eigenvalue weighted by molar-refractivity contribution is 7.17. The predicted molar refractivity (Wildman–Crippen MR) is 119 cm³/mol. The topological polar surface area (TPSA) is 169 Å². The first kappa shape index (κ1) is 21.7. The van der Waals surface area contributed by atoms with Crippen LogP contribution in [0.2, 0.25) is 0 Å². The third kappa shape index (κ3) is 6.24. The number of carbonyl (C=O) groups is 2. The maximum atomic E-state index is 12.5. The monoisotopic (exact) mass is 439 g/mol. The lowest BCUT2D eigenvalue weighted by Crippen LogP contribution is -2.41. The number of guanidine groups is 1. The van der Waals surface area contributed by atoms with Gasteiger partial charge in [-0.15, -0.1) is 11.3 Å². The molecule has 7 N–H and O–H groups in total. The molecule has 1 amide bonds. The smallest absolute Gasteiger partial charge is 0.328 e. The molecule has 1 unspecified atom stereocenters. The lowest BCUT2D eigenvalue weighted by molar-refractivity contribution is -0.137. The van der Waals surface area contributed by atoms with Gasteiger partial charge in [-0.2, -0.15) is 0 Å². The van der Waals surface area contributed by atoms with Gasteiger partial charge in [-0.05, 0) is 35.4 Å². The number of carbonyl (C=O) groups excluding carboxylic acids is 1. The molecule has 0 bridgehead atoms. The molecule has 160 valence electrons. The summed E-state index contributed by atoms with van der Waals surface area (Å²) in [6, 6.07) is 11.8. The molecular weight excluding hydrogens is 418 g/mol. The van der Waals surface area contributed by atoms with Crippen molar-refractivity contribution in [2.45, 2.75) is 12.6 Å². The largest absolute Gasteiger partial charge is 0.480 e. The fourth-order valence-corrected chi connectivity index (χ4v) is 3.55. The SMILES string of the molecule is NC(N)=NCc1cccc(-c2ccc(C(=O)NCC(Nc3ncccn3)C(=O)O)s2)c1. The summed E-state index contributed by atoms with van der Waals surface area (Å²) in [4.78, 5) is 37.2. The van der Waals surface area contributed by atoms with Gasteiger partial charge in [0.1, 0.15) is 6.04 Å². The predicted octanol–water partition coefficient (Wildman–Crippen LogP) is 1.27. The highest BCUT2D eigenvalue weighted by Gasteiger charge is 2.20. The number of carboxylic acids is 1. The number of amides is 1. The van der Waals surface area contributed by atoms with Gasteiger partial charge in [-0.25, -0.2) is 19.8 Å². The summed E-state index contributed by atoms with van der Waals surface area (Å²) >= 11 is 1.30. The van der Waals surface area contributed by atoms with Crippen LogP contribution in [-0.2, 0) is 11.3 Å². The van der Waals surface area contributed by atoms with E-state index in [0.717, 1.165) is 16.0 Å². The molecule has 2 aromatic heterocycles. The minimum atomic E-state index is -1.13. The van der Waals surface area contributed by atoms with Gasteiger partial charge in [0.15, 0.2) is 5.96 Å². The Morgan fingerprint density at radius 2 is 1.90 bits per heavy atom. The number of nitrogens with one attached hydrogen (secondary N) is 2. The number of rotatable bonds is 9. The molecule has 11 heteroatoms.